The lowest BCUT2D eigenvalue weighted by Crippen LogP contribution is -2.42. The molecule has 3 aromatic heterocycles. The molecule has 0 saturated carbocycles. The minimum absolute atomic E-state index is 0.0735. The Balaban J connectivity index is 1.49. The van der Waals surface area contributed by atoms with E-state index in [-0.39, 0.29) is 12.0 Å². The van der Waals surface area contributed by atoms with Crippen LogP contribution in [0.4, 0.5) is 0 Å². The van der Waals surface area contributed by atoms with E-state index in [4.69, 9.17) is 4.74 Å². The molecule has 0 unspecified atom stereocenters. The van der Waals surface area contributed by atoms with E-state index in [1.165, 1.54) is 0 Å². The number of hydrogen-bond donors (Lipinski definition) is 0. The minimum atomic E-state index is -0.314. The fourth-order valence-electron chi connectivity index (χ4n) is 2.86. The molecule has 8 nitrogen and oxygen atoms in total. The predicted molar refractivity (Wildman–Crippen MR) is 92.7 cm³/mol. The van der Waals surface area contributed by atoms with Crippen molar-refractivity contribution in [2.24, 2.45) is 0 Å². The zero-order valence-electron chi connectivity index (χ0n) is 14.3. The summed E-state index contributed by atoms with van der Waals surface area (Å²) in [6, 6.07) is 5.41. The average Bonchev–Trinajstić information content (AvgIpc) is 3.22. The molecule has 0 aromatic carbocycles. The second-order valence-electron chi connectivity index (χ2n) is 6.04. The fraction of sp³-hybridized carbons (Fsp3) is 0.278. The maximum atomic E-state index is 12.8. The smallest absolute Gasteiger partial charge is 0.255 e. The number of ether oxygens (including phenoxy) is 1. The third-order valence-corrected chi connectivity index (χ3v) is 4.22. The van der Waals surface area contributed by atoms with E-state index in [9.17, 15) is 4.79 Å². The van der Waals surface area contributed by atoms with E-state index in [0.717, 1.165) is 5.69 Å². The van der Waals surface area contributed by atoms with Crippen molar-refractivity contribution in [1.29, 1.82) is 0 Å². The van der Waals surface area contributed by atoms with E-state index < -0.39 is 0 Å². The van der Waals surface area contributed by atoms with Crippen LogP contribution in [0, 0.1) is 6.92 Å². The van der Waals surface area contributed by atoms with Gasteiger partial charge in [0.05, 0.1) is 18.7 Å². The van der Waals surface area contributed by atoms with E-state index in [1.54, 1.807) is 52.7 Å². The largest absolute Gasteiger partial charge is 0.367 e. The van der Waals surface area contributed by atoms with Gasteiger partial charge in [-0.05, 0) is 25.1 Å². The summed E-state index contributed by atoms with van der Waals surface area (Å²) in [4.78, 5) is 31.6. The topological polar surface area (TPSA) is 86.0 Å². The van der Waals surface area contributed by atoms with E-state index >= 15 is 0 Å². The molecule has 0 N–H and O–H groups in total. The molecule has 3 aromatic rings. The molecule has 1 fully saturated rings. The van der Waals surface area contributed by atoms with Crippen LogP contribution < -0.4 is 0 Å². The number of hydrogen-bond acceptors (Lipinski definition) is 6. The van der Waals surface area contributed by atoms with Gasteiger partial charge in [-0.25, -0.2) is 19.9 Å². The van der Waals surface area contributed by atoms with Crippen molar-refractivity contribution in [3.05, 3.63) is 66.4 Å². The average molecular weight is 350 g/mol. The SMILES string of the molecule is Cc1ccnc([C@@H]2CN(C(=O)c3ccc(-n4ccnc4)nc3)CCO2)n1. The Morgan fingerprint density at radius 3 is 2.88 bits per heavy atom. The van der Waals surface area contributed by atoms with Crippen LogP contribution in [0.25, 0.3) is 5.82 Å². The van der Waals surface area contributed by atoms with Crippen LogP contribution in [-0.2, 0) is 4.74 Å². The van der Waals surface area contributed by atoms with Crippen LogP contribution >= 0.6 is 0 Å². The van der Waals surface area contributed by atoms with Crippen LogP contribution in [0.2, 0.25) is 0 Å². The normalized spacial score (nSPS) is 17.3. The van der Waals surface area contributed by atoms with Crippen molar-refractivity contribution in [3.8, 4) is 5.82 Å². The van der Waals surface area contributed by atoms with Crippen molar-refractivity contribution in [2.45, 2.75) is 13.0 Å². The number of imidazole rings is 1. The number of carbonyl (C=O) groups is 1. The van der Waals surface area contributed by atoms with Gasteiger partial charge < -0.3 is 9.64 Å². The van der Waals surface area contributed by atoms with Crippen molar-refractivity contribution >= 4 is 5.91 Å². The summed E-state index contributed by atoms with van der Waals surface area (Å²) < 4.78 is 7.54. The van der Waals surface area contributed by atoms with Gasteiger partial charge in [0.1, 0.15) is 18.2 Å². The molecule has 0 bridgehead atoms. The van der Waals surface area contributed by atoms with Crippen LogP contribution in [0.15, 0.2) is 49.3 Å². The maximum Gasteiger partial charge on any atom is 0.255 e. The third kappa shape index (κ3) is 3.31. The Bertz CT molecular complexity index is 894. The van der Waals surface area contributed by atoms with Crippen LogP contribution in [-0.4, -0.2) is 55.0 Å². The molecular formula is C18H18N6O2. The molecule has 8 heteroatoms. The molecule has 4 heterocycles. The number of carbonyl (C=O) groups excluding carboxylic acids is 1. The summed E-state index contributed by atoms with van der Waals surface area (Å²) in [6.07, 6.45) is 8.13. The molecule has 1 saturated heterocycles. The maximum absolute atomic E-state index is 12.8. The molecule has 0 aliphatic carbocycles. The Hall–Kier alpha value is -3.13. The highest BCUT2D eigenvalue weighted by Gasteiger charge is 2.28. The van der Waals surface area contributed by atoms with E-state index in [1.807, 2.05) is 13.0 Å². The van der Waals surface area contributed by atoms with Gasteiger partial charge in [-0.2, -0.15) is 0 Å². The molecule has 0 spiro atoms. The molecule has 4 rings (SSSR count). The Morgan fingerprint density at radius 1 is 1.23 bits per heavy atom. The summed E-state index contributed by atoms with van der Waals surface area (Å²) in [5.41, 5.74) is 1.42. The molecular weight excluding hydrogens is 332 g/mol. The highest BCUT2D eigenvalue weighted by molar-refractivity contribution is 5.94. The van der Waals surface area contributed by atoms with Gasteiger partial charge in [-0.3, -0.25) is 9.36 Å². The number of morpholine rings is 1. The Kier molecular flexibility index (Phi) is 4.40. The molecule has 0 radical (unpaired) electrons. The lowest BCUT2D eigenvalue weighted by Gasteiger charge is -2.32. The second kappa shape index (κ2) is 7.01. The summed E-state index contributed by atoms with van der Waals surface area (Å²) >= 11 is 0. The first kappa shape index (κ1) is 16.3. The number of pyridine rings is 1. The second-order valence-corrected chi connectivity index (χ2v) is 6.04. The van der Waals surface area contributed by atoms with Crippen LogP contribution in [0.1, 0.15) is 28.0 Å². The molecule has 1 aliphatic rings. The van der Waals surface area contributed by atoms with Gasteiger partial charge >= 0.3 is 0 Å². The van der Waals surface area contributed by atoms with Gasteiger partial charge in [0.25, 0.3) is 5.91 Å². The lowest BCUT2D eigenvalue weighted by molar-refractivity contribution is -0.0268. The third-order valence-electron chi connectivity index (χ3n) is 4.22. The standard InChI is InChI=1S/C18H18N6O2/c1-13-4-5-20-17(22-13)15-11-23(8-9-26-15)18(25)14-2-3-16(21-10-14)24-7-6-19-12-24/h2-7,10,12,15H,8-9,11H2,1H3/t15-/m0/s1. The first-order valence-corrected chi connectivity index (χ1v) is 8.35. The summed E-state index contributed by atoms with van der Waals surface area (Å²) in [7, 11) is 0. The van der Waals surface area contributed by atoms with Gasteiger partial charge in [0, 0.05) is 37.0 Å². The Labute approximate surface area is 150 Å². The highest BCUT2D eigenvalue weighted by Crippen LogP contribution is 2.20. The molecule has 26 heavy (non-hydrogen) atoms. The van der Waals surface area contributed by atoms with Gasteiger partial charge in [0.15, 0.2) is 5.82 Å². The van der Waals surface area contributed by atoms with Crippen molar-refractivity contribution in [2.75, 3.05) is 19.7 Å². The fourth-order valence-corrected chi connectivity index (χ4v) is 2.86. The zero-order chi connectivity index (χ0) is 17.9. The van der Waals surface area contributed by atoms with Crippen LogP contribution in [0.3, 0.4) is 0 Å². The zero-order valence-corrected chi connectivity index (χ0v) is 14.3. The molecule has 132 valence electrons. The van der Waals surface area contributed by atoms with E-state index in [2.05, 4.69) is 19.9 Å². The quantitative estimate of drug-likeness (QED) is 0.713. The molecule has 1 atom stereocenters. The summed E-state index contributed by atoms with van der Waals surface area (Å²) in [5, 5.41) is 0. The number of aryl methyl sites for hydroxylation is 1. The van der Waals surface area contributed by atoms with Crippen molar-refractivity contribution in [1.82, 2.24) is 29.4 Å². The summed E-state index contributed by atoms with van der Waals surface area (Å²) in [6.45, 7) is 3.31. The van der Waals surface area contributed by atoms with Gasteiger partial charge in [-0.15, -0.1) is 0 Å². The predicted octanol–water partition coefficient (Wildman–Crippen LogP) is 1.58. The van der Waals surface area contributed by atoms with Crippen LogP contribution in [0.5, 0.6) is 0 Å². The lowest BCUT2D eigenvalue weighted by atomic mass is 10.2. The first-order chi connectivity index (χ1) is 12.7. The number of rotatable bonds is 3. The van der Waals surface area contributed by atoms with Gasteiger partial charge in [-0.1, -0.05) is 0 Å². The minimum Gasteiger partial charge on any atom is -0.367 e. The summed E-state index contributed by atoms with van der Waals surface area (Å²) in [5.74, 6) is 1.25. The first-order valence-electron chi connectivity index (χ1n) is 8.35. The highest BCUT2D eigenvalue weighted by atomic mass is 16.5. The van der Waals surface area contributed by atoms with Crippen molar-refractivity contribution < 1.29 is 9.53 Å². The van der Waals surface area contributed by atoms with Gasteiger partial charge in [0.2, 0.25) is 0 Å². The molecule has 1 aliphatic heterocycles. The number of amides is 1. The molecule has 1 amide bonds. The van der Waals surface area contributed by atoms with Crippen molar-refractivity contribution in [3.63, 3.8) is 0 Å². The monoisotopic (exact) mass is 350 g/mol. The number of nitrogens with zero attached hydrogens (tertiary/aromatic N) is 6. The number of aromatic nitrogens is 5. The van der Waals surface area contributed by atoms with E-state index in [0.29, 0.717) is 36.9 Å². The Morgan fingerprint density at radius 2 is 2.15 bits per heavy atom.